The molecule has 1 aromatic heterocycles. The molecule has 0 aliphatic rings. The smallest absolute Gasteiger partial charge is 0.227 e. The fraction of sp³-hybridized carbons (Fsp3) is 0.217. The average molecular weight is 396 g/mol. The number of rotatable bonds is 9. The Kier molecular flexibility index (Phi) is 7.28. The molecule has 3 aromatic rings. The first-order valence-corrected chi connectivity index (χ1v) is 9.43. The Balaban J connectivity index is 1.54. The van der Waals surface area contributed by atoms with Crippen LogP contribution in [0, 0.1) is 11.6 Å². The van der Waals surface area contributed by atoms with Gasteiger partial charge in [0.05, 0.1) is 12.5 Å². The van der Waals surface area contributed by atoms with Crippen LogP contribution in [-0.2, 0) is 11.2 Å². The van der Waals surface area contributed by atoms with E-state index < -0.39 is 5.92 Å². The highest BCUT2D eigenvalue weighted by molar-refractivity contribution is 5.83. The summed E-state index contributed by atoms with van der Waals surface area (Å²) >= 11 is 0. The lowest BCUT2D eigenvalue weighted by Gasteiger charge is -2.17. The fourth-order valence-corrected chi connectivity index (χ4v) is 2.91. The Morgan fingerprint density at radius 3 is 2.31 bits per heavy atom. The molecular formula is C23H22F2N2O2. The molecule has 1 amide bonds. The van der Waals surface area contributed by atoms with Crippen molar-refractivity contribution in [3.8, 4) is 5.75 Å². The van der Waals surface area contributed by atoms with Crippen LogP contribution in [0.3, 0.4) is 0 Å². The third kappa shape index (κ3) is 6.38. The van der Waals surface area contributed by atoms with Crippen molar-refractivity contribution >= 4 is 5.91 Å². The van der Waals surface area contributed by atoms with Gasteiger partial charge in [-0.15, -0.1) is 0 Å². The van der Waals surface area contributed by atoms with E-state index in [2.05, 4.69) is 10.3 Å². The molecule has 0 bridgehead atoms. The van der Waals surface area contributed by atoms with Crippen molar-refractivity contribution in [3.05, 3.63) is 95.8 Å². The van der Waals surface area contributed by atoms with Gasteiger partial charge in [0.25, 0.3) is 0 Å². The summed E-state index contributed by atoms with van der Waals surface area (Å²) in [6, 6.07) is 17.3. The first-order chi connectivity index (χ1) is 14.1. The number of nitrogens with one attached hydrogen (secondary N) is 1. The second-order valence-electron chi connectivity index (χ2n) is 6.58. The Bertz CT molecular complexity index is 900. The number of carbonyl (C=O) groups is 1. The van der Waals surface area contributed by atoms with Crippen molar-refractivity contribution in [1.82, 2.24) is 10.3 Å². The number of halogens is 2. The molecule has 6 heteroatoms. The lowest BCUT2D eigenvalue weighted by molar-refractivity contribution is -0.122. The van der Waals surface area contributed by atoms with E-state index in [1.165, 1.54) is 24.3 Å². The second-order valence-corrected chi connectivity index (χ2v) is 6.58. The molecule has 0 radical (unpaired) electrons. The van der Waals surface area contributed by atoms with Gasteiger partial charge in [0, 0.05) is 24.9 Å². The summed E-state index contributed by atoms with van der Waals surface area (Å²) in [5, 5.41) is 2.91. The van der Waals surface area contributed by atoms with Crippen LogP contribution in [-0.4, -0.2) is 24.0 Å². The van der Waals surface area contributed by atoms with Crippen LogP contribution in [0.5, 0.6) is 5.75 Å². The summed E-state index contributed by atoms with van der Waals surface area (Å²) in [6.07, 6.45) is 2.70. The van der Waals surface area contributed by atoms with Gasteiger partial charge in [-0.05, 0) is 60.5 Å². The number of benzene rings is 2. The Morgan fingerprint density at radius 1 is 0.966 bits per heavy atom. The van der Waals surface area contributed by atoms with Crippen LogP contribution in [0.1, 0.15) is 23.6 Å². The standard InChI is InChI=1S/C23H22F2N2O2/c24-18-7-5-17(6-8-18)22(16-20-4-1-2-13-26-20)23(28)27-14-3-15-29-21-11-9-19(25)10-12-21/h1-2,4-13,22H,3,14-16H2,(H,27,28). The van der Waals surface area contributed by atoms with Crippen LogP contribution < -0.4 is 10.1 Å². The van der Waals surface area contributed by atoms with Gasteiger partial charge in [0.15, 0.2) is 0 Å². The number of carbonyl (C=O) groups excluding carboxylic acids is 1. The topological polar surface area (TPSA) is 51.2 Å². The van der Waals surface area contributed by atoms with Gasteiger partial charge in [-0.25, -0.2) is 8.78 Å². The molecule has 1 N–H and O–H groups in total. The van der Waals surface area contributed by atoms with E-state index in [9.17, 15) is 13.6 Å². The highest BCUT2D eigenvalue weighted by Crippen LogP contribution is 2.21. The molecule has 1 atom stereocenters. The van der Waals surface area contributed by atoms with Crippen LogP contribution >= 0.6 is 0 Å². The summed E-state index contributed by atoms with van der Waals surface area (Å²) in [7, 11) is 0. The van der Waals surface area contributed by atoms with E-state index in [-0.39, 0.29) is 17.5 Å². The van der Waals surface area contributed by atoms with Crippen LogP contribution in [0.4, 0.5) is 8.78 Å². The fourth-order valence-electron chi connectivity index (χ4n) is 2.91. The average Bonchev–Trinajstić information content (AvgIpc) is 2.74. The summed E-state index contributed by atoms with van der Waals surface area (Å²) in [6.45, 7) is 0.827. The Labute approximate surface area is 168 Å². The zero-order valence-corrected chi connectivity index (χ0v) is 15.9. The van der Waals surface area contributed by atoms with Crippen molar-refractivity contribution in [1.29, 1.82) is 0 Å². The quantitative estimate of drug-likeness (QED) is 0.550. The predicted molar refractivity (Wildman–Crippen MR) is 107 cm³/mol. The zero-order valence-electron chi connectivity index (χ0n) is 15.9. The third-order valence-corrected chi connectivity index (χ3v) is 4.43. The maximum absolute atomic E-state index is 13.3. The van der Waals surface area contributed by atoms with E-state index in [0.29, 0.717) is 31.7 Å². The number of ether oxygens (including phenoxy) is 1. The number of pyridine rings is 1. The summed E-state index contributed by atoms with van der Waals surface area (Å²) in [5.41, 5.74) is 1.52. The van der Waals surface area contributed by atoms with E-state index in [1.807, 2.05) is 18.2 Å². The molecule has 0 aliphatic heterocycles. The molecule has 3 rings (SSSR count). The van der Waals surface area contributed by atoms with Gasteiger partial charge in [-0.1, -0.05) is 18.2 Å². The highest BCUT2D eigenvalue weighted by Gasteiger charge is 2.21. The van der Waals surface area contributed by atoms with Gasteiger partial charge < -0.3 is 10.1 Å². The zero-order chi connectivity index (χ0) is 20.5. The lowest BCUT2D eigenvalue weighted by Crippen LogP contribution is -2.32. The molecule has 0 aliphatic carbocycles. The van der Waals surface area contributed by atoms with Crippen molar-refractivity contribution in [3.63, 3.8) is 0 Å². The SMILES string of the molecule is O=C(NCCCOc1ccc(F)cc1)C(Cc1ccccn1)c1ccc(F)cc1. The number of hydrogen-bond donors (Lipinski definition) is 1. The molecule has 0 saturated heterocycles. The maximum atomic E-state index is 13.3. The molecular weight excluding hydrogens is 374 g/mol. The molecule has 0 saturated carbocycles. The summed E-state index contributed by atoms with van der Waals surface area (Å²) < 4.78 is 31.7. The van der Waals surface area contributed by atoms with Crippen molar-refractivity contribution in [2.24, 2.45) is 0 Å². The third-order valence-electron chi connectivity index (χ3n) is 4.43. The molecule has 150 valence electrons. The van der Waals surface area contributed by atoms with Gasteiger partial charge >= 0.3 is 0 Å². The van der Waals surface area contributed by atoms with E-state index >= 15 is 0 Å². The van der Waals surface area contributed by atoms with Crippen molar-refractivity contribution < 1.29 is 18.3 Å². The number of hydrogen-bond acceptors (Lipinski definition) is 3. The molecule has 0 spiro atoms. The second kappa shape index (κ2) is 10.3. The highest BCUT2D eigenvalue weighted by atomic mass is 19.1. The number of aromatic nitrogens is 1. The van der Waals surface area contributed by atoms with Crippen molar-refractivity contribution in [2.45, 2.75) is 18.8 Å². The largest absolute Gasteiger partial charge is 0.494 e. The normalized spacial score (nSPS) is 11.7. The first-order valence-electron chi connectivity index (χ1n) is 9.43. The summed E-state index contributed by atoms with van der Waals surface area (Å²) in [5.74, 6) is -0.697. The molecule has 1 unspecified atom stereocenters. The Morgan fingerprint density at radius 2 is 1.66 bits per heavy atom. The van der Waals surface area contributed by atoms with E-state index in [0.717, 1.165) is 11.3 Å². The Hall–Kier alpha value is -3.28. The van der Waals surface area contributed by atoms with Gasteiger partial charge in [-0.3, -0.25) is 9.78 Å². The van der Waals surface area contributed by atoms with E-state index in [1.54, 1.807) is 30.5 Å². The molecule has 29 heavy (non-hydrogen) atoms. The van der Waals surface area contributed by atoms with Gasteiger partial charge in [-0.2, -0.15) is 0 Å². The predicted octanol–water partition coefficient (Wildman–Crippen LogP) is 4.27. The maximum Gasteiger partial charge on any atom is 0.227 e. The monoisotopic (exact) mass is 396 g/mol. The molecule has 4 nitrogen and oxygen atoms in total. The minimum absolute atomic E-state index is 0.149. The summed E-state index contributed by atoms with van der Waals surface area (Å²) in [4.78, 5) is 17.1. The lowest BCUT2D eigenvalue weighted by atomic mass is 9.93. The molecule has 1 heterocycles. The minimum atomic E-state index is -0.469. The van der Waals surface area contributed by atoms with Gasteiger partial charge in [0.2, 0.25) is 5.91 Å². The van der Waals surface area contributed by atoms with Crippen LogP contribution in [0.2, 0.25) is 0 Å². The first kappa shape index (κ1) is 20.5. The van der Waals surface area contributed by atoms with Crippen molar-refractivity contribution in [2.75, 3.05) is 13.2 Å². The minimum Gasteiger partial charge on any atom is -0.494 e. The number of nitrogens with zero attached hydrogens (tertiary/aromatic N) is 1. The van der Waals surface area contributed by atoms with E-state index in [4.69, 9.17) is 4.74 Å². The van der Waals surface area contributed by atoms with Crippen LogP contribution in [0.25, 0.3) is 0 Å². The molecule has 2 aromatic carbocycles. The number of amides is 1. The van der Waals surface area contributed by atoms with Crippen LogP contribution in [0.15, 0.2) is 72.9 Å². The van der Waals surface area contributed by atoms with Gasteiger partial charge in [0.1, 0.15) is 17.4 Å². The molecule has 0 fully saturated rings.